The molecule has 0 aliphatic carbocycles. The highest BCUT2D eigenvalue weighted by Gasteiger charge is 2.26. The van der Waals surface area contributed by atoms with Gasteiger partial charge in [-0.15, -0.1) is 11.8 Å². The van der Waals surface area contributed by atoms with E-state index < -0.39 is 6.29 Å². The molecule has 4 rings (SSSR count). The monoisotopic (exact) mass is 443 g/mol. The Morgan fingerprint density at radius 1 is 1.23 bits per heavy atom. The Morgan fingerprint density at radius 3 is 2.80 bits per heavy atom. The van der Waals surface area contributed by atoms with E-state index in [1.54, 1.807) is 18.9 Å². The van der Waals surface area contributed by atoms with Crippen molar-refractivity contribution in [3.05, 3.63) is 53.2 Å². The van der Waals surface area contributed by atoms with E-state index in [1.807, 2.05) is 49.4 Å². The molecule has 1 aliphatic heterocycles. The number of hydrogen-bond donors (Lipinski definition) is 3. The lowest BCUT2D eigenvalue weighted by molar-refractivity contribution is -0.123. The molecule has 1 aromatic heterocycles. The molecule has 7 nitrogen and oxygen atoms in total. The van der Waals surface area contributed by atoms with E-state index in [0.717, 1.165) is 33.0 Å². The normalized spacial score (nSPS) is 18.8. The topological polar surface area (TPSA) is 88.2 Å². The van der Waals surface area contributed by atoms with Crippen LogP contribution in [0.2, 0.25) is 5.02 Å². The third-order valence-corrected chi connectivity index (χ3v) is 6.20. The van der Waals surface area contributed by atoms with Crippen LogP contribution in [0.15, 0.2) is 47.4 Å². The molecule has 1 aliphatic rings. The Bertz CT molecular complexity index is 1060. The van der Waals surface area contributed by atoms with Gasteiger partial charge in [0.05, 0.1) is 18.3 Å². The molecule has 2 aromatic carbocycles. The number of ether oxygens (including phenoxy) is 1. The number of carbonyl (C=O) groups excluding carboxylic acids is 1. The van der Waals surface area contributed by atoms with E-state index in [4.69, 9.17) is 16.3 Å². The first kappa shape index (κ1) is 20.7. The van der Waals surface area contributed by atoms with Crippen molar-refractivity contribution >= 4 is 46.1 Å². The van der Waals surface area contributed by atoms with Gasteiger partial charge in [0.2, 0.25) is 11.9 Å². The molecule has 0 spiro atoms. The number of thioether (sulfide) groups is 1. The molecule has 1 saturated heterocycles. The van der Waals surface area contributed by atoms with Crippen LogP contribution in [-0.2, 0) is 4.79 Å². The molecule has 3 N–H and O–H groups in total. The van der Waals surface area contributed by atoms with Crippen LogP contribution in [0.3, 0.4) is 0 Å². The van der Waals surface area contributed by atoms with Crippen molar-refractivity contribution in [2.24, 2.45) is 0 Å². The summed E-state index contributed by atoms with van der Waals surface area (Å²) in [6, 6.07) is 13.4. The van der Waals surface area contributed by atoms with E-state index in [-0.39, 0.29) is 11.9 Å². The first-order chi connectivity index (χ1) is 14.5. The number of amides is 1. The Hall–Kier alpha value is -2.55. The van der Waals surface area contributed by atoms with E-state index in [2.05, 4.69) is 25.9 Å². The predicted octanol–water partition coefficient (Wildman–Crippen LogP) is 3.57. The maximum absolute atomic E-state index is 12.2. The van der Waals surface area contributed by atoms with Gasteiger partial charge in [0.1, 0.15) is 5.75 Å². The molecular formula is C21H22ClN5O2S. The summed E-state index contributed by atoms with van der Waals surface area (Å²) >= 11 is 7.62. The molecule has 1 fully saturated rings. The van der Waals surface area contributed by atoms with Crippen molar-refractivity contribution < 1.29 is 9.53 Å². The lowest BCUT2D eigenvalue weighted by Gasteiger charge is -2.32. The smallest absolute Gasteiger partial charge is 0.226 e. The zero-order valence-electron chi connectivity index (χ0n) is 16.6. The lowest BCUT2D eigenvalue weighted by Crippen LogP contribution is -2.60. The quantitative estimate of drug-likeness (QED) is 0.502. The van der Waals surface area contributed by atoms with Gasteiger partial charge in [-0.05, 0) is 49.4 Å². The maximum Gasteiger partial charge on any atom is 0.226 e. The van der Waals surface area contributed by atoms with Gasteiger partial charge in [-0.3, -0.25) is 10.1 Å². The molecule has 9 heteroatoms. The van der Waals surface area contributed by atoms with Gasteiger partial charge >= 0.3 is 0 Å². The van der Waals surface area contributed by atoms with Crippen LogP contribution in [0.1, 0.15) is 12.1 Å². The largest absolute Gasteiger partial charge is 0.497 e. The first-order valence-corrected chi connectivity index (χ1v) is 10.9. The average Bonchev–Trinajstić information content (AvgIpc) is 2.73. The zero-order chi connectivity index (χ0) is 21.1. The minimum atomic E-state index is -0.447. The molecule has 0 bridgehead atoms. The second-order valence-corrected chi connectivity index (χ2v) is 8.52. The third kappa shape index (κ3) is 4.95. The number of halogens is 1. The van der Waals surface area contributed by atoms with Crippen molar-refractivity contribution in [3.63, 3.8) is 0 Å². The summed E-state index contributed by atoms with van der Waals surface area (Å²) in [5, 5.41) is 11.1. The highest BCUT2D eigenvalue weighted by Crippen LogP contribution is 2.24. The maximum atomic E-state index is 12.2. The predicted molar refractivity (Wildman–Crippen MR) is 120 cm³/mol. The fraction of sp³-hybridized carbons (Fsp3) is 0.286. The molecule has 30 heavy (non-hydrogen) atoms. The van der Waals surface area contributed by atoms with E-state index in [1.165, 1.54) is 0 Å². The minimum Gasteiger partial charge on any atom is -0.497 e. The van der Waals surface area contributed by atoms with Crippen molar-refractivity contribution in [2.75, 3.05) is 18.2 Å². The molecule has 156 valence electrons. The Labute approximate surface area is 184 Å². The van der Waals surface area contributed by atoms with Gasteiger partial charge in [0.25, 0.3) is 0 Å². The highest BCUT2D eigenvalue weighted by molar-refractivity contribution is 7.99. The highest BCUT2D eigenvalue weighted by atomic mass is 35.5. The molecule has 2 atom stereocenters. The van der Waals surface area contributed by atoms with Crippen molar-refractivity contribution in [3.8, 4) is 5.75 Å². The van der Waals surface area contributed by atoms with Gasteiger partial charge in [0, 0.05) is 33.5 Å². The second-order valence-electron chi connectivity index (χ2n) is 6.99. The molecule has 0 saturated carbocycles. The van der Waals surface area contributed by atoms with Gasteiger partial charge in [-0.25, -0.2) is 9.97 Å². The molecule has 2 heterocycles. The number of benzene rings is 2. The summed E-state index contributed by atoms with van der Waals surface area (Å²) in [6.45, 7) is 1.92. The summed E-state index contributed by atoms with van der Waals surface area (Å²) in [7, 11) is 1.63. The Balaban J connectivity index is 1.43. The van der Waals surface area contributed by atoms with Crippen LogP contribution in [0.25, 0.3) is 10.9 Å². The number of aromatic nitrogens is 2. The van der Waals surface area contributed by atoms with Gasteiger partial charge in [0.15, 0.2) is 6.29 Å². The van der Waals surface area contributed by atoms with Gasteiger partial charge in [-0.2, -0.15) is 0 Å². The number of nitrogens with one attached hydrogen (secondary N) is 3. The van der Waals surface area contributed by atoms with E-state index in [9.17, 15) is 4.79 Å². The summed E-state index contributed by atoms with van der Waals surface area (Å²) in [5.74, 6) is 1.95. The fourth-order valence-electron chi connectivity index (χ4n) is 3.27. The number of methoxy groups -OCH3 is 1. The van der Waals surface area contributed by atoms with E-state index in [0.29, 0.717) is 17.4 Å². The molecule has 2 unspecified atom stereocenters. The number of aryl methyl sites for hydroxylation is 1. The second kappa shape index (κ2) is 9.07. The van der Waals surface area contributed by atoms with Gasteiger partial charge < -0.3 is 15.4 Å². The standard InChI is InChI=1S/C21H22ClN5O2S/c1-12-17-10-15(29-2)5-8-18(17)25-20(23-12)27-21-24-14(9-19(28)26-21)11-30-16-6-3-13(22)4-7-16/h3-8,10,14,21,24H,9,11H2,1-2H3,(H,26,28)(H,23,25,27). The number of carbonyl (C=O) groups is 1. The summed E-state index contributed by atoms with van der Waals surface area (Å²) < 4.78 is 5.28. The first-order valence-electron chi connectivity index (χ1n) is 9.53. The molecule has 3 aromatic rings. The summed E-state index contributed by atoms with van der Waals surface area (Å²) in [5.41, 5.74) is 1.64. The van der Waals surface area contributed by atoms with Gasteiger partial charge in [-0.1, -0.05) is 11.6 Å². The molecule has 0 radical (unpaired) electrons. The number of nitrogens with zero attached hydrogens (tertiary/aromatic N) is 2. The van der Waals surface area contributed by atoms with Crippen LogP contribution >= 0.6 is 23.4 Å². The average molecular weight is 444 g/mol. The summed E-state index contributed by atoms with van der Waals surface area (Å²) in [4.78, 5) is 22.4. The molecular weight excluding hydrogens is 422 g/mol. The number of anilines is 1. The van der Waals surface area contributed by atoms with Crippen molar-refractivity contribution in [2.45, 2.75) is 30.6 Å². The van der Waals surface area contributed by atoms with Crippen LogP contribution in [-0.4, -0.2) is 41.1 Å². The SMILES string of the molecule is COc1ccc2nc(NC3NC(=O)CC(CSc4ccc(Cl)cc4)N3)nc(C)c2c1. The zero-order valence-corrected chi connectivity index (χ0v) is 18.2. The van der Waals surface area contributed by atoms with Crippen molar-refractivity contribution in [1.29, 1.82) is 0 Å². The van der Waals surface area contributed by atoms with Crippen LogP contribution in [0, 0.1) is 6.92 Å². The van der Waals surface area contributed by atoms with Crippen LogP contribution < -0.4 is 20.7 Å². The Morgan fingerprint density at radius 2 is 2.03 bits per heavy atom. The number of rotatable bonds is 6. The fourth-order valence-corrected chi connectivity index (χ4v) is 4.34. The number of fused-ring (bicyclic) bond motifs is 1. The third-order valence-electron chi connectivity index (χ3n) is 4.77. The lowest BCUT2D eigenvalue weighted by atomic mass is 10.2. The van der Waals surface area contributed by atoms with E-state index >= 15 is 0 Å². The van der Waals surface area contributed by atoms with Crippen LogP contribution in [0.4, 0.5) is 5.95 Å². The number of hydrogen-bond acceptors (Lipinski definition) is 7. The summed E-state index contributed by atoms with van der Waals surface area (Å²) in [6.07, 6.45) is -0.0342. The van der Waals surface area contributed by atoms with Crippen LogP contribution in [0.5, 0.6) is 5.75 Å². The Kier molecular flexibility index (Phi) is 6.26. The molecule has 1 amide bonds. The minimum absolute atomic E-state index is 0.0164. The van der Waals surface area contributed by atoms with Crippen molar-refractivity contribution in [1.82, 2.24) is 20.6 Å².